The number of carboxylic acids is 1. The van der Waals surface area contributed by atoms with Crippen LogP contribution in [0.2, 0.25) is 0 Å². The van der Waals surface area contributed by atoms with Crippen molar-refractivity contribution in [3.05, 3.63) is 11.6 Å². The summed E-state index contributed by atoms with van der Waals surface area (Å²) in [4.78, 5) is 30.2. The number of aliphatic carboxylic acids is 1. The summed E-state index contributed by atoms with van der Waals surface area (Å²) >= 11 is 0. The molecule has 11 fully saturated rings. The van der Waals surface area contributed by atoms with Crippen LogP contribution in [0.5, 0.6) is 0 Å². The predicted octanol–water partition coefficient (Wildman–Crippen LogP) is -7.19. The van der Waals surface area contributed by atoms with Crippen LogP contribution >= 0.6 is 0 Å². The molecule has 0 aromatic rings. The molecule has 5 aliphatic carbocycles. The molecule has 42 atom stereocenters. The zero-order valence-corrected chi connectivity index (χ0v) is 60.9. The van der Waals surface area contributed by atoms with E-state index >= 15 is 4.79 Å². The molecule has 0 bridgehead atoms. The highest BCUT2D eigenvalue weighted by Crippen LogP contribution is 2.76. The highest BCUT2D eigenvalue weighted by atomic mass is 16.8. The largest absolute Gasteiger partial charge is 0.481 e. The Morgan fingerprint density at radius 1 is 0.495 bits per heavy atom. The minimum Gasteiger partial charge on any atom is -0.481 e. The summed E-state index contributed by atoms with van der Waals surface area (Å²) in [6, 6.07) is 0. The van der Waals surface area contributed by atoms with Crippen molar-refractivity contribution in [2.24, 2.45) is 50.2 Å². The molecule has 0 aromatic heterocycles. The van der Waals surface area contributed by atoms with Crippen LogP contribution in [-0.4, -0.2) is 367 Å². The van der Waals surface area contributed by atoms with E-state index in [4.69, 9.17) is 66.3 Å². The van der Waals surface area contributed by atoms with E-state index in [1.165, 1.54) is 27.7 Å². The maximum absolute atomic E-state index is 16.2. The Morgan fingerprint density at radius 3 is 1.62 bits per heavy atom. The van der Waals surface area contributed by atoms with Crippen molar-refractivity contribution in [3.63, 3.8) is 0 Å². The van der Waals surface area contributed by atoms with E-state index in [0.717, 1.165) is 5.57 Å². The van der Waals surface area contributed by atoms with Crippen LogP contribution in [-0.2, 0) is 75.9 Å². The van der Waals surface area contributed by atoms with Gasteiger partial charge in [0, 0.05) is 5.41 Å². The van der Waals surface area contributed by atoms with Gasteiger partial charge < -0.3 is 174 Å². The topological polar surface area (TPSA) is 588 Å². The predicted molar refractivity (Wildman–Crippen MR) is 349 cm³/mol. The van der Waals surface area contributed by atoms with Gasteiger partial charge in [-0.05, 0) is 119 Å². The smallest absolute Gasteiger partial charge is 0.315 e. The van der Waals surface area contributed by atoms with Crippen LogP contribution in [0.1, 0.15) is 113 Å². The second-order valence-electron chi connectivity index (χ2n) is 33.7. The molecule has 7 heterocycles. The van der Waals surface area contributed by atoms with Crippen LogP contribution < -0.4 is 0 Å². The molecular formula is C70H112O37. The quantitative estimate of drug-likeness (QED) is 0.0325. The molecule has 7 saturated heterocycles. The number of hydrogen-bond donors (Lipinski definition) is 21. The molecule has 0 radical (unpaired) electrons. The highest BCUT2D eigenvalue weighted by Gasteiger charge is 2.74. The zero-order chi connectivity index (χ0) is 78.2. The minimum absolute atomic E-state index is 0.0320. The Kier molecular flexibility index (Phi) is 24.4. The lowest BCUT2D eigenvalue weighted by molar-refractivity contribution is -0.398. The highest BCUT2D eigenvalue weighted by molar-refractivity contribution is 5.79. The summed E-state index contributed by atoms with van der Waals surface area (Å²) in [5.74, 6) is -4.01. The van der Waals surface area contributed by atoms with E-state index in [1.54, 1.807) is 0 Å². The van der Waals surface area contributed by atoms with Crippen LogP contribution in [0.4, 0.5) is 0 Å². The Morgan fingerprint density at radius 2 is 1.02 bits per heavy atom. The van der Waals surface area contributed by atoms with Crippen molar-refractivity contribution in [3.8, 4) is 0 Å². The van der Waals surface area contributed by atoms with Gasteiger partial charge in [0.1, 0.15) is 134 Å². The molecule has 0 spiro atoms. The van der Waals surface area contributed by atoms with E-state index in [9.17, 15) is 112 Å². The summed E-state index contributed by atoms with van der Waals surface area (Å²) in [5, 5.41) is 233. The molecule has 107 heavy (non-hydrogen) atoms. The molecular weight excluding hydrogens is 1430 g/mol. The first-order chi connectivity index (χ1) is 50.2. The van der Waals surface area contributed by atoms with Crippen LogP contribution in [0.3, 0.4) is 0 Å². The fraction of sp³-hybridized carbons (Fsp3) is 0.943. The maximum atomic E-state index is 16.2. The van der Waals surface area contributed by atoms with Crippen LogP contribution in [0.25, 0.3) is 0 Å². The molecule has 37 heteroatoms. The average Bonchev–Trinajstić information content (AvgIpc) is 0.760. The second kappa shape index (κ2) is 31.2. The van der Waals surface area contributed by atoms with E-state index in [-0.39, 0.29) is 38.5 Å². The standard InChI is InChI=1S/C70H112O37/c1-25-36(76)41(81)45(85)56(96-25)103-50-37(77)26(2)97-60(52(50)105-59-48(88)51(104-61-53(89)70(93,23-74)24-95-61)49(27(3)98-59)102-55-44(84)40(80)33(21-94-55)101-57-46(86)42(82)38(78)31(19-71)99-57)107-63(92)68-14-13-64(4,5)17-29(68)28-9-10-34-65(6)18-30(75)54(106-58-47(87)43(83)39(79)32(20-72)100-58)67(8,62(90)91)35(65)11-12-66(34,7)69(28,22-73)16-15-68/h9,25-27,29-61,71-89,93H,10-24H2,1-8H3,(H,90,91)/t25-,26+,27-,29-,30-,31+,32+,33+,34+,35?,36-,37-,38-,39+,40-,41+,42-,43-,44+,45+,46+,47+,48+,49-,50-,51-,52+,53-,54-,55-,56-,57-,58-,59-,60-,61-,65+,66+,67-,68-,69-,70+/m0/s1. The van der Waals surface area contributed by atoms with Gasteiger partial charge in [0.05, 0.1) is 74.9 Å². The number of aliphatic hydroxyl groups excluding tert-OH is 19. The van der Waals surface area contributed by atoms with Crippen molar-refractivity contribution >= 4 is 11.9 Å². The summed E-state index contributed by atoms with van der Waals surface area (Å²) in [6.07, 6.45) is -54.7. The molecule has 37 nitrogen and oxygen atoms in total. The number of carboxylic acid groups (broad SMARTS) is 1. The molecule has 21 N–H and O–H groups in total. The van der Waals surface area contributed by atoms with Gasteiger partial charge in [-0.1, -0.05) is 39.3 Å². The summed E-state index contributed by atoms with van der Waals surface area (Å²) in [6.45, 7) is 9.27. The third kappa shape index (κ3) is 14.1. The molecule has 1 unspecified atom stereocenters. The molecule has 0 amide bonds. The lowest BCUT2D eigenvalue weighted by Gasteiger charge is -2.71. The van der Waals surface area contributed by atoms with Crippen molar-refractivity contribution in [1.82, 2.24) is 0 Å². The number of rotatable bonds is 19. The summed E-state index contributed by atoms with van der Waals surface area (Å²) in [7, 11) is 0. The van der Waals surface area contributed by atoms with Gasteiger partial charge in [-0.15, -0.1) is 0 Å². The SMILES string of the molecule is C[C@@H]1O[C@@H](O[C@H]2[C@@H](O)[C@@H](C)O[C@@H](OC(=O)[C@]34CCC(C)(C)C[C@H]3C3=CC[C@@H]5[C@@]6(C)C[C@H](O)[C@H](O[C@@H]7O[C@H](CO)[C@@H](O)[C@H](O)[C@H]7O)[C@@](C)(C(=O)O)C6CC[C@@]5(C)[C@]3(CO)CC4)[C@@H]2O[C@@H]2O[C@@H](C)[C@H](O[C@@H]3OC[C@@H](O[C@@H]4O[C@H](CO)[C@H](O)[C@H](O)[C@H]4O)[C@H](O)[C@H]3O)[C@@H](O[C@@H]3OC[C@](O)(CO)[C@H]3O)[C@H]2O)[C@H](O)[C@H](O)[C@H]1O. The summed E-state index contributed by atoms with van der Waals surface area (Å²) in [5.41, 5.74) is -8.27. The second-order valence-corrected chi connectivity index (χ2v) is 33.7. The van der Waals surface area contributed by atoms with Crippen LogP contribution in [0, 0.1) is 50.2 Å². The van der Waals surface area contributed by atoms with E-state index < -0.39 is 310 Å². The Hall–Kier alpha value is -2.64. The van der Waals surface area contributed by atoms with Gasteiger partial charge in [0.2, 0.25) is 6.29 Å². The van der Waals surface area contributed by atoms with E-state index in [0.29, 0.717) is 19.3 Å². The van der Waals surface area contributed by atoms with Gasteiger partial charge in [-0.2, -0.15) is 0 Å². The van der Waals surface area contributed by atoms with Crippen molar-refractivity contribution in [1.29, 1.82) is 0 Å². The first-order valence-electron chi connectivity index (χ1n) is 37.1. The Bertz CT molecular complexity index is 3120. The number of hydrogen-bond acceptors (Lipinski definition) is 36. The molecule has 614 valence electrons. The lowest BCUT2D eigenvalue weighted by atomic mass is 9.33. The van der Waals surface area contributed by atoms with E-state index in [2.05, 4.69) is 20.8 Å². The van der Waals surface area contributed by atoms with Crippen molar-refractivity contribution in [2.45, 2.75) is 322 Å². The molecule has 7 aliphatic heterocycles. The number of esters is 1. The number of aliphatic hydroxyl groups is 20. The monoisotopic (exact) mass is 1540 g/mol. The molecule has 4 saturated carbocycles. The number of fused-ring (bicyclic) bond motifs is 7. The van der Waals surface area contributed by atoms with Gasteiger partial charge in [-0.3, -0.25) is 9.59 Å². The maximum Gasteiger partial charge on any atom is 0.315 e. The third-order valence-corrected chi connectivity index (χ3v) is 27.0. The first kappa shape index (κ1) is 83.8. The summed E-state index contributed by atoms with van der Waals surface area (Å²) < 4.78 is 85.3. The van der Waals surface area contributed by atoms with Gasteiger partial charge in [-0.25, -0.2) is 0 Å². The number of allylic oxidation sites excluding steroid dienone is 1. The lowest BCUT2D eigenvalue weighted by Crippen LogP contribution is -2.71. The normalized spacial score (nSPS) is 54.9. The molecule has 12 aliphatic rings. The number of ether oxygens (including phenoxy) is 14. The van der Waals surface area contributed by atoms with Crippen LogP contribution in [0.15, 0.2) is 11.6 Å². The zero-order valence-electron chi connectivity index (χ0n) is 60.9. The first-order valence-corrected chi connectivity index (χ1v) is 37.1. The fourth-order valence-corrected chi connectivity index (χ4v) is 20.4. The van der Waals surface area contributed by atoms with Gasteiger partial charge in [0.15, 0.2) is 43.8 Å². The number of carbonyl (C=O) groups is 2. The molecule has 12 rings (SSSR count). The Labute approximate surface area is 616 Å². The minimum atomic E-state index is -2.32. The fourth-order valence-electron chi connectivity index (χ4n) is 20.4. The van der Waals surface area contributed by atoms with Crippen molar-refractivity contribution < 1.29 is 183 Å². The third-order valence-electron chi connectivity index (χ3n) is 27.0. The molecule has 0 aromatic carbocycles. The van der Waals surface area contributed by atoms with Crippen molar-refractivity contribution in [2.75, 3.05) is 39.6 Å². The number of carbonyl (C=O) groups excluding carboxylic acids is 1. The van der Waals surface area contributed by atoms with Gasteiger partial charge >= 0.3 is 11.9 Å². The Balaban J connectivity index is 0.848. The average molecular weight is 1550 g/mol. The van der Waals surface area contributed by atoms with Gasteiger partial charge in [0.25, 0.3) is 0 Å². The van der Waals surface area contributed by atoms with E-state index in [1.807, 2.05) is 13.0 Å².